The molecule has 0 aliphatic rings. The molecule has 0 aliphatic heterocycles. The standard InChI is InChI=1S/C16H16N4O3S2/c1-17-25(22,23)15-8-7-14(24-15)11-18-16(21)12-3-5-13(6-4-12)20-10-2-9-19-20/h2-10,17H,11H2,1H3,(H,18,21). The first-order valence-corrected chi connectivity index (χ1v) is 9.70. The van der Waals surface area contributed by atoms with Crippen LogP contribution in [0.2, 0.25) is 0 Å². The van der Waals surface area contributed by atoms with E-state index < -0.39 is 10.0 Å². The van der Waals surface area contributed by atoms with Crippen LogP contribution in [-0.2, 0) is 16.6 Å². The summed E-state index contributed by atoms with van der Waals surface area (Å²) < 4.78 is 27.6. The molecular formula is C16H16N4O3S2. The molecule has 7 nitrogen and oxygen atoms in total. The number of benzene rings is 1. The number of carbonyl (C=O) groups excluding carboxylic acids is 1. The molecule has 0 atom stereocenters. The summed E-state index contributed by atoms with van der Waals surface area (Å²) in [5.74, 6) is -0.224. The summed E-state index contributed by atoms with van der Waals surface area (Å²) in [6.45, 7) is 0.268. The summed E-state index contributed by atoms with van der Waals surface area (Å²) in [6, 6.07) is 12.1. The Morgan fingerprint density at radius 2 is 1.96 bits per heavy atom. The Morgan fingerprint density at radius 3 is 2.60 bits per heavy atom. The molecule has 0 bridgehead atoms. The second kappa shape index (κ2) is 7.18. The van der Waals surface area contributed by atoms with Crippen LogP contribution in [-0.4, -0.2) is 31.2 Å². The lowest BCUT2D eigenvalue weighted by molar-refractivity contribution is 0.0951. The van der Waals surface area contributed by atoms with Crippen molar-refractivity contribution >= 4 is 27.3 Å². The van der Waals surface area contributed by atoms with E-state index in [9.17, 15) is 13.2 Å². The van der Waals surface area contributed by atoms with E-state index in [-0.39, 0.29) is 16.7 Å². The molecule has 0 aliphatic carbocycles. The number of nitrogens with one attached hydrogen (secondary N) is 2. The van der Waals surface area contributed by atoms with Gasteiger partial charge in [0.15, 0.2) is 0 Å². The maximum Gasteiger partial charge on any atom is 0.251 e. The molecule has 0 saturated carbocycles. The van der Waals surface area contributed by atoms with Crippen LogP contribution in [0.3, 0.4) is 0 Å². The van der Waals surface area contributed by atoms with Crippen LogP contribution in [0.15, 0.2) is 59.1 Å². The summed E-state index contributed by atoms with van der Waals surface area (Å²) in [4.78, 5) is 13.0. The fourth-order valence-electron chi connectivity index (χ4n) is 2.15. The van der Waals surface area contributed by atoms with E-state index in [0.29, 0.717) is 5.56 Å². The molecule has 0 spiro atoms. The zero-order valence-corrected chi connectivity index (χ0v) is 15.0. The maximum absolute atomic E-state index is 12.2. The fourth-order valence-corrected chi connectivity index (χ4v) is 4.29. The average molecular weight is 376 g/mol. The molecule has 2 heterocycles. The van der Waals surface area contributed by atoms with Gasteiger partial charge in [-0.2, -0.15) is 5.10 Å². The molecule has 2 aromatic heterocycles. The minimum Gasteiger partial charge on any atom is -0.347 e. The number of hydrogen-bond donors (Lipinski definition) is 2. The number of rotatable bonds is 6. The van der Waals surface area contributed by atoms with Crippen LogP contribution < -0.4 is 10.0 Å². The number of sulfonamides is 1. The highest BCUT2D eigenvalue weighted by atomic mass is 32.2. The largest absolute Gasteiger partial charge is 0.347 e. The van der Waals surface area contributed by atoms with Gasteiger partial charge in [0.05, 0.1) is 12.2 Å². The number of amides is 1. The van der Waals surface area contributed by atoms with Gasteiger partial charge in [-0.3, -0.25) is 4.79 Å². The molecular weight excluding hydrogens is 360 g/mol. The van der Waals surface area contributed by atoms with Gasteiger partial charge < -0.3 is 5.32 Å². The van der Waals surface area contributed by atoms with Crippen molar-refractivity contribution in [2.75, 3.05) is 7.05 Å². The van der Waals surface area contributed by atoms with E-state index in [1.54, 1.807) is 29.1 Å². The van der Waals surface area contributed by atoms with Crippen LogP contribution in [0.5, 0.6) is 0 Å². The third-order valence-electron chi connectivity index (χ3n) is 3.49. The van der Waals surface area contributed by atoms with E-state index in [2.05, 4.69) is 15.1 Å². The first-order chi connectivity index (χ1) is 12.0. The summed E-state index contributed by atoms with van der Waals surface area (Å²) in [7, 11) is -2.08. The minimum atomic E-state index is -3.45. The molecule has 0 saturated heterocycles. The van der Waals surface area contributed by atoms with Gasteiger partial charge in [0.1, 0.15) is 4.21 Å². The lowest BCUT2D eigenvalue weighted by atomic mass is 10.2. The number of aromatic nitrogens is 2. The fraction of sp³-hybridized carbons (Fsp3) is 0.125. The molecule has 3 rings (SSSR count). The first kappa shape index (κ1) is 17.3. The molecule has 1 aromatic carbocycles. The predicted octanol–water partition coefficient (Wildman–Crippen LogP) is 1.77. The van der Waals surface area contributed by atoms with E-state index in [1.165, 1.54) is 13.1 Å². The van der Waals surface area contributed by atoms with Crippen molar-refractivity contribution in [3.05, 3.63) is 65.3 Å². The zero-order valence-electron chi connectivity index (χ0n) is 13.3. The van der Waals surface area contributed by atoms with Gasteiger partial charge in [0.2, 0.25) is 10.0 Å². The van der Waals surface area contributed by atoms with E-state index in [0.717, 1.165) is 21.9 Å². The molecule has 0 fully saturated rings. The third kappa shape index (κ3) is 3.95. The van der Waals surface area contributed by atoms with Crippen molar-refractivity contribution in [1.29, 1.82) is 0 Å². The Morgan fingerprint density at radius 1 is 1.20 bits per heavy atom. The molecule has 0 unspecified atom stereocenters. The van der Waals surface area contributed by atoms with Gasteiger partial charge in [-0.15, -0.1) is 11.3 Å². The first-order valence-electron chi connectivity index (χ1n) is 7.40. The van der Waals surface area contributed by atoms with Crippen LogP contribution in [0, 0.1) is 0 Å². The van der Waals surface area contributed by atoms with Crippen molar-refractivity contribution in [2.24, 2.45) is 0 Å². The summed E-state index contributed by atoms with van der Waals surface area (Å²) in [5.41, 5.74) is 1.39. The average Bonchev–Trinajstić information content (AvgIpc) is 3.32. The lowest BCUT2D eigenvalue weighted by Crippen LogP contribution is -2.22. The Labute approximate surface area is 149 Å². The molecule has 130 valence electrons. The highest BCUT2D eigenvalue weighted by Crippen LogP contribution is 2.21. The van der Waals surface area contributed by atoms with Gasteiger partial charge >= 0.3 is 0 Å². The monoisotopic (exact) mass is 376 g/mol. The van der Waals surface area contributed by atoms with Gasteiger partial charge in [-0.25, -0.2) is 17.8 Å². The normalized spacial score (nSPS) is 11.4. The Hall–Kier alpha value is -2.49. The minimum absolute atomic E-state index is 0.224. The maximum atomic E-state index is 12.2. The topological polar surface area (TPSA) is 93.1 Å². The molecule has 25 heavy (non-hydrogen) atoms. The second-order valence-electron chi connectivity index (χ2n) is 5.11. The van der Waals surface area contributed by atoms with Crippen molar-refractivity contribution < 1.29 is 13.2 Å². The Bertz CT molecular complexity index is 961. The SMILES string of the molecule is CNS(=O)(=O)c1ccc(CNC(=O)c2ccc(-n3cccn3)cc2)s1. The molecule has 2 N–H and O–H groups in total. The lowest BCUT2D eigenvalue weighted by Gasteiger charge is -2.05. The van der Waals surface area contributed by atoms with Crippen LogP contribution in [0.1, 0.15) is 15.2 Å². The van der Waals surface area contributed by atoms with Crippen LogP contribution in [0.4, 0.5) is 0 Å². The molecule has 0 radical (unpaired) electrons. The summed E-state index contributed by atoms with van der Waals surface area (Å²) in [6.07, 6.45) is 3.51. The Balaban J connectivity index is 1.63. The predicted molar refractivity (Wildman–Crippen MR) is 95.3 cm³/mol. The van der Waals surface area contributed by atoms with Crippen LogP contribution >= 0.6 is 11.3 Å². The quantitative estimate of drug-likeness (QED) is 0.686. The number of carbonyl (C=O) groups is 1. The number of hydrogen-bond acceptors (Lipinski definition) is 5. The van der Waals surface area contributed by atoms with Gasteiger partial charge in [-0.05, 0) is 49.5 Å². The molecule has 3 aromatic rings. The molecule has 1 amide bonds. The van der Waals surface area contributed by atoms with Crippen LogP contribution in [0.25, 0.3) is 5.69 Å². The summed E-state index contributed by atoms with van der Waals surface area (Å²) >= 11 is 1.13. The van der Waals surface area contributed by atoms with Crippen molar-refractivity contribution in [3.63, 3.8) is 0 Å². The Kier molecular flexibility index (Phi) is 4.98. The van der Waals surface area contributed by atoms with Gasteiger partial charge in [0.25, 0.3) is 5.91 Å². The van der Waals surface area contributed by atoms with Crippen molar-refractivity contribution in [1.82, 2.24) is 19.8 Å². The van der Waals surface area contributed by atoms with Crippen molar-refractivity contribution in [3.8, 4) is 5.69 Å². The van der Waals surface area contributed by atoms with E-state index in [1.807, 2.05) is 24.4 Å². The number of thiophene rings is 1. The molecule has 9 heteroatoms. The zero-order chi connectivity index (χ0) is 17.9. The van der Waals surface area contributed by atoms with Gasteiger partial charge in [-0.1, -0.05) is 0 Å². The smallest absolute Gasteiger partial charge is 0.251 e. The van der Waals surface area contributed by atoms with E-state index in [4.69, 9.17) is 0 Å². The summed E-state index contributed by atoms with van der Waals surface area (Å²) in [5, 5.41) is 6.92. The number of nitrogens with zero attached hydrogens (tertiary/aromatic N) is 2. The highest BCUT2D eigenvalue weighted by Gasteiger charge is 2.14. The third-order valence-corrected chi connectivity index (χ3v) is 6.48. The van der Waals surface area contributed by atoms with E-state index >= 15 is 0 Å². The van der Waals surface area contributed by atoms with Crippen molar-refractivity contribution in [2.45, 2.75) is 10.8 Å². The second-order valence-corrected chi connectivity index (χ2v) is 8.39. The van der Waals surface area contributed by atoms with Gasteiger partial charge in [0, 0.05) is 22.8 Å². The highest BCUT2D eigenvalue weighted by molar-refractivity contribution is 7.91.